The number of nitrogens with one attached hydrogen (secondary N) is 1. The quantitative estimate of drug-likeness (QED) is 0.688. The average Bonchev–Trinajstić information content (AvgIpc) is 3.11. The third-order valence-electron chi connectivity index (χ3n) is 4.00. The van der Waals surface area contributed by atoms with Gasteiger partial charge in [0.15, 0.2) is 10.9 Å². The van der Waals surface area contributed by atoms with Crippen LogP contribution in [0, 0.1) is 6.92 Å². The van der Waals surface area contributed by atoms with E-state index in [0.717, 1.165) is 39.1 Å². The molecule has 134 valence electrons. The van der Waals surface area contributed by atoms with Crippen LogP contribution in [0.1, 0.15) is 28.5 Å². The van der Waals surface area contributed by atoms with Gasteiger partial charge in [-0.25, -0.2) is 9.97 Å². The Labute approximate surface area is 156 Å². The van der Waals surface area contributed by atoms with Crippen LogP contribution in [0.2, 0.25) is 0 Å². The first-order valence-corrected chi connectivity index (χ1v) is 9.02. The lowest BCUT2D eigenvalue weighted by Crippen LogP contribution is -2.10. The number of ether oxygens (including phenoxy) is 1. The molecule has 0 spiro atoms. The van der Waals surface area contributed by atoms with E-state index < -0.39 is 5.91 Å². The number of nitrogens with two attached hydrogens (primary N) is 1. The third kappa shape index (κ3) is 3.67. The van der Waals surface area contributed by atoms with Gasteiger partial charge in [-0.2, -0.15) is 0 Å². The summed E-state index contributed by atoms with van der Waals surface area (Å²) in [6.07, 6.45) is 0.807. The molecule has 0 aliphatic heterocycles. The Morgan fingerprint density at radius 1 is 1.19 bits per heavy atom. The maximum Gasteiger partial charge on any atom is 0.248 e. The highest BCUT2D eigenvalue weighted by Crippen LogP contribution is 2.33. The van der Waals surface area contributed by atoms with Gasteiger partial charge in [-0.05, 0) is 49.7 Å². The SMILES string of the molecule is CCc1c(C)nc(-c2ccc(OC)s2)nc1Nc1ccc(C(N)=O)cc1. The van der Waals surface area contributed by atoms with Crippen molar-refractivity contribution in [2.75, 3.05) is 12.4 Å². The number of carbonyl (C=O) groups excluding carboxylic acids is 1. The molecule has 1 amide bonds. The number of aryl methyl sites for hydroxylation is 1. The number of aromatic nitrogens is 2. The van der Waals surface area contributed by atoms with Crippen molar-refractivity contribution in [2.45, 2.75) is 20.3 Å². The molecule has 3 aromatic rings. The summed E-state index contributed by atoms with van der Waals surface area (Å²) in [6.45, 7) is 4.05. The topological polar surface area (TPSA) is 90.1 Å². The summed E-state index contributed by atoms with van der Waals surface area (Å²) in [5.41, 5.74) is 8.57. The summed E-state index contributed by atoms with van der Waals surface area (Å²) in [6, 6.07) is 10.9. The van der Waals surface area contributed by atoms with E-state index in [1.807, 2.05) is 31.2 Å². The molecule has 1 aromatic carbocycles. The zero-order valence-corrected chi connectivity index (χ0v) is 15.7. The maximum atomic E-state index is 11.2. The van der Waals surface area contributed by atoms with Crippen molar-refractivity contribution in [3.8, 4) is 15.8 Å². The number of hydrogen-bond donors (Lipinski definition) is 2. The third-order valence-corrected chi connectivity index (χ3v) is 5.05. The summed E-state index contributed by atoms with van der Waals surface area (Å²) in [5, 5.41) is 4.15. The number of thiophene rings is 1. The first-order valence-electron chi connectivity index (χ1n) is 8.20. The number of carbonyl (C=O) groups is 1. The molecule has 7 heteroatoms. The van der Waals surface area contributed by atoms with E-state index in [9.17, 15) is 4.79 Å². The molecule has 0 saturated heterocycles. The van der Waals surface area contributed by atoms with Gasteiger partial charge in [-0.1, -0.05) is 18.3 Å². The van der Waals surface area contributed by atoms with Gasteiger partial charge in [-0.15, -0.1) is 0 Å². The van der Waals surface area contributed by atoms with E-state index in [0.29, 0.717) is 11.4 Å². The highest BCUT2D eigenvalue weighted by molar-refractivity contribution is 7.17. The van der Waals surface area contributed by atoms with Gasteiger partial charge < -0.3 is 15.8 Å². The van der Waals surface area contributed by atoms with Crippen molar-refractivity contribution in [2.24, 2.45) is 5.73 Å². The molecule has 0 bridgehead atoms. The van der Waals surface area contributed by atoms with E-state index in [2.05, 4.69) is 17.2 Å². The van der Waals surface area contributed by atoms with Crippen LogP contribution in [0.5, 0.6) is 5.06 Å². The summed E-state index contributed by atoms with van der Waals surface area (Å²) < 4.78 is 5.26. The van der Waals surface area contributed by atoms with Gasteiger partial charge in [0, 0.05) is 22.5 Å². The second-order valence-corrected chi connectivity index (χ2v) is 6.75. The first-order chi connectivity index (χ1) is 12.5. The lowest BCUT2D eigenvalue weighted by molar-refractivity contribution is 0.100. The van der Waals surface area contributed by atoms with Crippen molar-refractivity contribution in [1.29, 1.82) is 0 Å². The Hall–Kier alpha value is -2.93. The smallest absolute Gasteiger partial charge is 0.248 e. The number of amides is 1. The fourth-order valence-corrected chi connectivity index (χ4v) is 3.39. The molecule has 3 N–H and O–H groups in total. The summed E-state index contributed by atoms with van der Waals surface area (Å²) in [5.74, 6) is 0.969. The monoisotopic (exact) mass is 368 g/mol. The van der Waals surface area contributed by atoms with Crippen molar-refractivity contribution in [3.05, 3.63) is 53.2 Å². The molecule has 0 atom stereocenters. The van der Waals surface area contributed by atoms with E-state index >= 15 is 0 Å². The predicted octanol–water partition coefficient (Wildman–Crippen LogP) is 3.93. The maximum absolute atomic E-state index is 11.2. The lowest BCUT2D eigenvalue weighted by atomic mass is 10.1. The highest BCUT2D eigenvalue weighted by Gasteiger charge is 2.14. The molecule has 2 aromatic heterocycles. The molecule has 0 aliphatic carbocycles. The van der Waals surface area contributed by atoms with Gasteiger partial charge in [0.05, 0.1) is 12.0 Å². The Bertz CT molecular complexity index is 935. The fourth-order valence-electron chi connectivity index (χ4n) is 2.64. The molecule has 0 saturated carbocycles. The Kier molecular flexibility index (Phi) is 5.18. The fraction of sp³-hybridized carbons (Fsp3) is 0.211. The number of nitrogens with zero attached hydrogens (tertiary/aromatic N) is 2. The molecule has 0 fully saturated rings. The first kappa shape index (κ1) is 17.9. The number of rotatable bonds is 6. The van der Waals surface area contributed by atoms with Crippen LogP contribution >= 0.6 is 11.3 Å². The molecule has 0 unspecified atom stereocenters. The number of primary amides is 1. The van der Waals surface area contributed by atoms with E-state index in [4.69, 9.17) is 15.5 Å². The van der Waals surface area contributed by atoms with Crippen LogP contribution in [0.4, 0.5) is 11.5 Å². The van der Waals surface area contributed by atoms with Gasteiger partial charge in [0.25, 0.3) is 0 Å². The minimum Gasteiger partial charge on any atom is -0.487 e. The molecule has 26 heavy (non-hydrogen) atoms. The Morgan fingerprint density at radius 2 is 1.92 bits per heavy atom. The Balaban J connectivity index is 1.97. The molecule has 0 radical (unpaired) electrons. The van der Waals surface area contributed by atoms with Crippen molar-refractivity contribution >= 4 is 28.7 Å². The van der Waals surface area contributed by atoms with E-state index in [-0.39, 0.29) is 0 Å². The van der Waals surface area contributed by atoms with Crippen LogP contribution in [0.25, 0.3) is 10.7 Å². The lowest BCUT2D eigenvalue weighted by Gasteiger charge is -2.13. The van der Waals surface area contributed by atoms with Crippen LogP contribution < -0.4 is 15.8 Å². The van der Waals surface area contributed by atoms with Gasteiger partial charge >= 0.3 is 0 Å². The largest absolute Gasteiger partial charge is 0.487 e. The second kappa shape index (κ2) is 7.53. The van der Waals surface area contributed by atoms with E-state index in [1.54, 1.807) is 19.2 Å². The summed E-state index contributed by atoms with van der Waals surface area (Å²) in [4.78, 5) is 21.5. The number of anilines is 2. The average molecular weight is 368 g/mol. The minimum atomic E-state index is -0.447. The summed E-state index contributed by atoms with van der Waals surface area (Å²) in [7, 11) is 1.64. The highest BCUT2D eigenvalue weighted by atomic mass is 32.1. The summed E-state index contributed by atoms with van der Waals surface area (Å²) >= 11 is 1.50. The van der Waals surface area contributed by atoms with Crippen LogP contribution in [0.15, 0.2) is 36.4 Å². The molecule has 2 heterocycles. The van der Waals surface area contributed by atoms with Crippen molar-refractivity contribution < 1.29 is 9.53 Å². The normalized spacial score (nSPS) is 10.6. The minimum absolute atomic E-state index is 0.447. The van der Waals surface area contributed by atoms with Crippen LogP contribution in [0.3, 0.4) is 0 Å². The number of benzene rings is 1. The molecule has 0 aliphatic rings. The molecular weight excluding hydrogens is 348 g/mol. The van der Waals surface area contributed by atoms with Gasteiger partial charge in [0.2, 0.25) is 5.91 Å². The van der Waals surface area contributed by atoms with Crippen LogP contribution in [-0.2, 0) is 6.42 Å². The Morgan fingerprint density at radius 3 is 2.50 bits per heavy atom. The second-order valence-electron chi connectivity index (χ2n) is 5.70. The zero-order chi connectivity index (χ0) is 18.7. The standard InChI is InChI=1S/C19H20N4O2S/c1-4-14-11(2)21-19(15-9-10-16(25-3)26-15)23-18(14)22-13-7-5-12(6-8-13)17(20)24/h5-10H,4H2,1-3H3,(H2,20,24)(H,21,22,23). The molecule has 6 nitrogen and oxygen atoms in total. The molecule has 3 rings (SSSR count). The van der Waals surface area contributed by atoms with E-state index in [1.165, 1.54) is 11.3 Å². The van der Waals surface area contributed by atoms with Crippen LogP contribution in [-0.4, -0.2) is 23.0 Å². The number of methoxy groups -OCH3 is 1. The van der Waals surface area contributed by atoms with Crippen molar-refractivity contribution in [1.82, 2.24) is 9.97 Å². The molecular formula is C19H20N4O2S. The van der Waals surface area contributed by atoms with Crippen molar-refractivity contribution in [3.63, 3.8) is 0 Å². The predicted molar refractivity (Wildman–Crippen MR) is 104 cm³/mol. The number of hydrogen-bond acceptors (Lipinski definition) is 6. The zero-order valence-electron chi connectivity index (χ0n) is 14.9. The van der Waals surface area contributed by atoms with Gasteiger partial charge in [0.1, 0.15) is 5.82 Å². The van der Waals surface area contributed by atoms with Gasteiger partial charge in [-0.3, -0.25) is 4.79 Å².